The van der Waals surface area contributed by atoms with Crippen molar-refractivity contribution in [2.24, 2.45) is 5.41 Å². The van der Waals surface area contributed by atoms with Crippen molar-refractivity contribution in [1.82, 2.24) is 34.5 Å². The summed E-state index contributed by atoms with van der Waals surface area (Å²) in [7, 11) is 0. The highest BCUT2D eigenvalue weighted by atomic mass is 79.9. The molecule has 0 bridgehead atoms. The van der Waals surface area contributed by atoms with E-state index in [1.54, 1.807) is 11.0 Å². The summed E-state index contributed by atoms with van der Waals surface area (Å²) in [5.41, 5.74) is -5.02. The zero-order valence-electron chi connectivity index (χ0n) is 25.0. The molecule has 15 heteroatoms. The van der Waals surface area contributed by atoms with Crippen molar-refractivity contribution in [3.05, 3.63) is 124 Å². The predicted octanol–water partition coefficient (Wildman–Crippen LogP) is 6.35. The summed E-state index contributed by atoms with van der Waals surface area (Å²) < 4.78 is 61.0. The van der Waals surface area contributed by atoms with Gasteiger partial charge in [0.25, 0.3) is 0 Å². The van der Waals surface area contributed by atoms with Gasteiger partial charge in [-0.2, -0.15) is 19.0 Å². The Morgan fingerprint density at radius 2 is 1.50 bits per heavy atom. The van der Waals surface area contributed by atoms with Crippen LogP contribution in [0.1, 0.15) is 37.6 Å². The van der Waals surface area contributed by atoms with Crippen LogP contribution < -0.4 is 0 Å². The lowest BCUT2D eigenvalue weighted by molar-refractivity contribution is -0.207. The lowest BCUT2D eigenvalue weighted by atomic mass is 9.73. The van der Waals surface area contributed by atoms with Crippen molar-refractivity contribution in [1.29, 1.82) is 0 Å². The Balaban J connectivity index is 0.000000216. The summed E-state index contributed by atoms with van der Waals surface area (Å²) in [5.74, 6) is -6.30. The lowest BCUT2D eigenvalue weighted by Gasteiger charge is -2.40. The summed E-state index contributed by atoms with van der Waals surface area (Å²) in [4.78, 5) is 11.2. The zero-order valence-corrected chi connectivity index (χ0v) is 27.3. The third-order valence-corrected chi connectivity index (χ3v) is 8.37. The first kappa shape index (κ1) is 35.1. The molecule has 0 fully saturated rings. The lowest BCUT2D eigenvalue weighted by Crippen LogP contribution is -2.48. The number of pyridine rings is 1. The van der Waals surface area contributed by atoms with Gasteiger partial charge < -0.3 is 10.2 Å². The SMILES string of the molecule is CC(C)(C)C(O)(Cc1ccccc1Cl)Cn1cncn1.OC(Cn1cncn1)(c1ccc(F)cc1F)C(F)(F)c1ccc(Br)cn1. The van der Waals surface area contributed by atoms with E-state index in [-0.39, 0.29) is 5.41 Å². The molecule has 5 aromatic rings. The number of nitrogens with zero attached hydrogens (tertiary/aromatic N) is 7. The number of aliphatic hydroxyl groups is 2. The van der Waals surface area contributed by atoms with E-state index >= 15 is 8.78 Å². The van der Waals surface area contributed by atoms with E-state index in [1.165, 1.54) is 12.4 Å². The highest BCUT2D eigenvalue weighted by Gasteiger charge is 2.57. The van der Waals surface area contributed by atoms with Gasteiger partial charge in [-0.05, 0) is 57.2 Å². The minimum atomic E-state index is -4.03. The van der Waals surface area contributed by atoms with Crippen molar-refractivity contribution < 1.29 is 27.8 Å². The van der Waals surface area contributed by atoms with Gasteiger partial charge in [-0.1, -0.05) is 50.6 Å². The Morgan fingerprint density at radius 1 is 0.870 bits per heavy atom. The molecule has 9 nitrogen and oxygen atoms in total. The minimum Gasteiger partial charge on any atom is -0.387 e. The molecule has 0 saturated heterocycles. The van der Waals surface area contributed by atoms with Gasteiger partial charge in [0.2, 0.25) is 0 Å². The summed E-state index contributed by atoms with van der Waals surface area (Å²) in [6, 6.07) is 11.9. The van der Waals surface area contributed by atoms with Crippen molar-refractivity contribution in [3.63, 3.8) is 0 Å². The molecule has 0 radical (unpaired) electrons. The van der Waals surface area contributed by atoms with E-state index in [2.05, 4.69) is 41.1 Å². The quantitative estimate of drug-likeness (QED) is 0.171. The number of hydrogen-bond donors (Lipinski definition) is 2. The van der Waals surface area contributed by atoms with Crippen molar-refractivity contribution >= 4 is 27.5 Å². The fourth-order valence-corrected chi connectivity index (χ4v) is 5.04. The Hall–Kier alpha value is -3.72. The average Bonchev–Trinajstić information content (AvgIpc) is 3.69. The van der Waals surface area contributed by atoms with Gasteiger partial charge in [0.05, 0.1) is 18.7 Å². The Labute approximate surface area is 276 Å². The van der Waals surface area contributed by atoms with Gasteiger partial charge in [-0.25, -0.2) is 23.4 Å². The van der Waals surface area contributed by atoms with Gasteiger partial charge in [-0.3, -0.25) is 9.67 Å². The molecule has 2 N–H and O–H groups in total. The Kier molecular flexibility index (Phi) is 10.7. The molecule has 0 aliphatic rings. The number of aromatic nitrogens is 7. The molecule has 3 aromatic heterocycles. The third kappa shape index (κ3) is 7.80. The second-order valence-electron chi connectivity index (χ2n) is 11.7. The van der Waals surface area contributed by atoms with E-state index in [0.717, 1.165) is 47.3 Å². The molecular formula is C31H31BrClF4N7O2. The van der Waals surface area contributed by atoms with Crippen LogP contribution >= 0.6 is 27.5 Å². The predicted molar refractivity (Wildman–Crippen MR) is 166 cm³/mol. The van der Waals surface area contributed by atoms with Crippen LogP contribution in [0.5, 0.6) is 0 Å². The molecule has 2 aromatic carbocycles. The molecule has 0 aliphatic heterocycles. The molecule has 0 saturated carbocycles. The molecule has 46 heavy (non-hydrogen) atoms. The highest BCUT2D eigenvalue weighted by Crippen LogP contribution is 2.46. The van der Waals surface area contributed by atoms with E-state index in [0.29, 0.717) is 28.5 Å². The monoisotopic (exact) mass is 723 g/mol. The highest BCUT2D eigenvalue weighted by molar-refractivity contribution is 9.10. The van der Waals surface area contributed by atoms with E-state index < -0.39 is 46.6 Å². The average molecular weight is 725 g/mol. The van der Waals surface area contributed by atoms with Crippen molar-refractivity contribution in [2.75, 3.05) is 0 Å². The van der Waals surface area contributed by atoms with Crippen LogP contribution in [0.4, 0.5) is 17.6 Å². The zero-order chi connectivity index (χ0) is 33.8. The molecule has 3 heterocycles. The van der Waals surface area contributed by atoms with Crippen molar-refractivity contribution in [2.45, 2.75) is 57.4 Å². The van der Waals surface area contributed by atoms with Crippen LogP contribution in [0.25, 0.3) is 0 Å². The normalized spacial score (nSPS) is 14.6. The fraction of sp³-hybridized carbons (Fsp3) is 0.323. The molecule has 0 amide bonds. The second-order valence-corrected chi connectivity index (χ2v) is 13.0. The van der Waals surface area contributed by atoms with Crippen LogP contribution in [0.3, 0.4) is 0 Å². The maximum atomic E-state index is 15.2. The molecule has 244 valence electrons. The van der Waals surface area contributed by atoms with E-state index in [4.69, 9.17) is 11.6 Å². The number of alkyl halides is 2. The molecule has 0 spiro atoms. The summed E-state index contributed by atoms with van der Waals surface area (Å²) >= 11 is 9.30. The molecule has 5 rings (SSSR count). The Bertz CT molecular complexity index is 1720. The number of halogens is 6. The molecule has 2 atom stereocenters. The van der Waals surface area contributed by atoms with Gasteiger partial charge in [0.1, 0.15) is 42.6 Å². The summed E-state index contributed by atoms with van der Waals surface area (Å²) in [5, 5.41) is 30.5. The molecule has 2 unspecified atom stereocenters. The first-order valence-electron chi connectivity index (χ1n) is 13.8. The number of hydrogen-bond acceptors (Lipinski definition) is 7. The largest absolute Gasteiger partial charge is 0.387 e. The maximum absolute atomic E-state index is 15.2. The standard InChI is InChI=1S/C16H11BrF4N4O.C15H20ClN3O/c17-10-1-4-14(23-6-10)16(20,21)15(26,7-25-9-22-8-24-25)12-3-2-11(18)5-13(12)19;1-14(2,3)15(20,9-19-11-17-10-18-19)8-12-6-4-5-7-13(12)16/h1-6,8-9,26H,7H2;4-7,10-11,20H,8-9H2,1-3H3. The fourth-order valence-electron chi connectivity index (χ4n) is 4.60. The first-order valence-corrected chi connectivity index (χ1v) is 15.0. The maximum Gasteiger partial charge on any atom is 0.323 e. The van der Waals surface area contributed by atoms with Gasteiger partial charge in [0, 0.05) is 33.7 Å². The summed E-state index contributed by atoms with van der Waals surface area (Å²) in [6.07, 6.45) is 6.85. The van der Waals surface area contributed by atoms with E-state index in [9.17, 15) is 19.0 Å². The van der Waals surface area contributed by atoms with Gasteiger partial charge >= 0.3 is 5.92 Å². The van der Waals surface area contributed by atoms with Gasteiger partial charge in [-0.15, -0.1) is 0 Å². The number of rotatable bonds is 9. The molecule has 0 aliphatic carbocycles. The van der Waals surface area contributed by atoms with Crippen LogP contribution in [0.2, 0.25) is 5.02 Å². The third-order valence-electron chi connectivity index (χ3n) is 7.53. The van der Waals surface area contributed by atoms with Crippen LogP contribution in [0, 0.1) is 17.0 Å². The summed E-state index contributed by atoms with van der Waals surface area (Å²) in [6.45, 7) is 5.59. The van der Waals surface area contributed by atoms with Gasteiger partial charge in [0.15, 0.2) is 5.60 Å². The first-order chi connectivity index (χ1) is 21.6. The van der Waals surface area contributed by atoms with E-state index in [1.807, 2.05) is 45.0 Å². The van der Waals surface area contributed by atoms with Crippen LogP contribution in [-0.4, -0.2) is 50.3 Å². The smallest absolute Gasteiger partial charge is 0.323 e. The van der Waals surface area contributed by atoms with Crippen LogP contribution in [0.15, 0.2) is 90.6 Å². The second kappa shape index (κ2) is 14.0. The number of benzene rings is 2. The Morgan fingerprint density at radius 3 is 2.02 bits per heavy atom. The van der Waals surface area contributed by atoms with Crippen molar-refractivity contribution in [3.8, 4) is 0 Å². The minimum absolute atomic E-state index is 0.321. The van der Waals surface area contributed by atoms with Crippen LogP contribution in [-0.2, 0) is 31.0 Å². The topological polar surface area (TPSA) is 115 Å². The molecular weight excluding hydrogens is 694 g/mol.